The van der Waals surface area contributed by atoms with Gasteiger partial charge in [-0.2, -0.15) is 0 Å². The molecule has 0 fully saturated rings. The molecule has 0 radical (unpaired) electrons. The molecule has 11 heavy (non-hydrogen) atoms. The van der Waals surface area contributed by atoms with E-state index in [0.717, 1.165) is 15.6 Å². The topological polar surface area (TPSA) is 47.0 Å². The number of halogens is 1. The maximum atomic E-state index is 4.85. The Labute approximate surface area is 77.1 Å². The van der Waals surface area contributed by atoms with E-state index in [4.69, 9.17) is 4.74 Å². The van der Waals surface area contributed by atoms with Crippen molar-refractivity contribution in [3.05, 3.63) is 3.92 Å². The summed E-state index contributed by atoms with van der Waals surface area (Å²) in [6.45, 7) is 1.44. The molecule has 0 atom stereocenters. The Morgan fingerprint density at radius 1 is 1.64 bits per heavy atom. The largest absolute Gasteiger partial charge is 0.383 e. The molecule has 0 saturated carbocycles. The SMILES string of the molecule is COCCNc1nnc(Br)s1. The van der Waals surface area contributed by atoms with E-state index < -0.39 is 0 Å². The summed E-state index contributed by atoms with van der Waals surface area (Å²) in [6.07, 6.45) is 0. The molecule has 0 aromatic carbocycles. The molecule has 1 rings (SSSR count). The second-order valence-corrected chi connectivity index (χ2v) is 4.03. The number of rotatable bonds is 4. The minimum Gasteiger partial charge on any atom is -0.383 e. The Hall–Kier alpha value is -0.200. The van der Waals surface area contributed by atoms with E-state index in [1.807, 2.05) is 0 Å². The summed E-state index contributed by atoms with van der Waals surface area (Å²) in [5.74, 6) is 0. The Balaban J connectivity index is 2.27. The van der Waals surface area contributed by atoms with Gasteiger partial charge in [0.2, 0.25) is 5.13 Å². The summed E-state index contributed by atoms with van der Waals surface area (Å²) in [5, 5.41) is 11.5. The van der Waals surface area contributed by atoms with Gasteiger partial charge in [-0.15, -0.1) is 10.2 Å². The third-order valence-electron chi connectivity index (χ3n) is 0.983. The van der Waals surface area contributed by atoms with E-state index in [1.165, 1.54) is 11.3 Å². The molecule has 0 aliphatic heterocycles. The first kappa shape index (κ1) is 8.89. The fourth-order valence-corrected chi connectivity index (χ4v) is 1.57. The van der Waals surface area contributed by atoms with Gasteiger partial charge in [-0.25, -0.2) is 0 Å². The molecule has 1 aromatic rings. The van der Waals surface area contributed by atoms with Gasteiger partial charge in [-0.3, -0.25) is 0 Å². The zero-order valence-electron chi connectivity index (χ0n) is 6.00. The molecule has 0 spiro atoms. The number of ether oxygens (including phenoxy) is 1. The first-order chi connectivity index (χ1) is 5.33. The van der Waals surface area contributed by atoms with E-state index in [0.29, 0.717) is 6.61 Å². The molecule has 0 bridgehead atoms. The smallest absolute Gasteiger partial charge is 0.206 e. The van der Waals surface area contributed by atoms with Crippen LogP contribution in [0.2, 0.25) is 0 Å². The highest BCUT2D eigenvalue weighted by atomic mass is 79.9. The molecule has 0 aliphatic carbocycles. The second kappa shape index (κ2) is 4.63. The lowest BCUT2D eigenvalue weighted by Gasteiger charge is -1.98. The van der Waals surface area contributed by atoms with Crippen LogP contribution >= 0.6 is 27.3 Å². The molecule has 1 aromatic heterocycles. The Morgan fingerprint density at radius 3 is 3.00 bits per heavy atom. The minimum absolute atomic E-state index is 0.678. The summed E-state index contributed by atoms with van der Waals surface area (Å²) < 4.78 is 5.64. The van der Waals surface area contributed by atoms with E-state index in [2.05, 4.69) is 31.4 Å². The highest BCUT2D eigenvalue weighted by Crippen LogP contribution is 2.19. The Bertz CT molecular complexity index is 217. The van der Waals surface area contributed by atoms with Crippen molar-refractivity contribution in [3.63, 3.8) is 0 Å². The third kappa shape index (κ3) is 3.13. The van der Waals surface area contributed by atoms with Crippen LogP contribution in [0.4, 0.5) is 5.13 Å². The summed E-state index contributed by atoms with van der Waals surface area (Å²) in [4.78, 5) is 0. The van der Waals surface area contributed by atoms with E-state index in [-0.39, 0.29) is 0 Å². The number of hydrogen-bond acceptors (Lipinski definition) is 5. The number of anilines is 1. The fourth-order valence-electron chi connectivity index (χ4n) is 0.537. The van der Waals surface area contributed by atoms with E-state index in [9.17, 15) is 0 Å². The van der Waals surface area contributed by atoms with Crippen molar-refractivity contribution >= 4 is 32.4 Å². The molecule has 1 N–H and O–H groups in total. The van der Waals surface area contributed by atoms with Crippen LogP contribution in [-0.4, -0.2) is 30.5 Å². The highest BCUT2D eigenvalue weighted by Gasteiger charge is 1.98. The zero-order chi connectivity index (χ0) is 8.10. The van der Waals surface area contributed by atoms with Crippen LogP contribution in [-0.2, 0) is 4.74 Å². The third-order valence-corrected chi connectivity index (χ3v) is 2.30. The van der Waals surface area contributed by atoms with Crippen molar-refractivity contribution < 1.29 is 4.74 Å². The maximum Gasteiger partial charge on any atom is 0.206 e. The summed E-state index contributed by atoms with van der Waals surface area (Å²) in [7, 11) is 1.66. The average molecular weight is 238 g/mol. The summed E-state index contributed by atoms with van der Waals surface area (Å²) >= 11 is 4.68. The number of methoxy groups -OCH3 is 1. The van der Waals surface area contributed by atoms with Crippen molar-refractivity contribution in [2.24, 2.45) is 0 Å². The van der Waals surface area contributed by atoms with Crippen LogP contribution in [0.25, 0.3) is 0 Å². The van der Waals surface area contributed by atoms with Gasteiger partial charge in [-0.1, -0.05) is 11.3 Å². The van der Waals surface area contributed by atoms with Gasteiger partial charge < -0.3 is 10.1 Å². The number of hydrogen-bond donors (Lipinski definition) is 1. The van der Waals surface area contributed by atoms with Crippen molar-refractivity contribution in [3.8, 4) is 0 Å². The van der Waals surface area contributed by atoms with Gasteiger partial charge in [0, 0.05) is 13.7 Å². The molecule has 0 amide bonds. The first-order valence-electron chi connectivity index (χ1n) is 3.04. The van der Waals surface area contributed by atoms with Crippen LogP contribution in [0.5, 0.6) is 0 Å². The van der Waals surface area contributed by atoms with E-state index >= 15 is 0 Å². The van der Waals surface area contributed by atoms with Gasteiger partial charge >= 0.3 is 0 Å². The van der Waals surface area contributed by atoms with Crippen molar-refractivity contribution in [2.75, 3.05) is 25.6 Å². The van der Waals surface area contributed by atoms with Crippen molar-refractivity contribution in [2.45, 2.75) is 0 Å². The second-order valence-electron chi connectivity index (χ2n) is 1.78. The van der Waals surface area contributed by atoms with Crippen LogP contribution in [0.1, 0.15) is 0 Å². The van der Waals surface area contributed by atoms with Crippen molar-refractivity contribution in [1.82, 2.24) is 10.2 Å². The predicted octanol–water partition coefficient (Wildman–Crippen LogP) is 1.36. The molecular formula is C5H8BrN3OS. The molecular weight excluding hydrogens is 230 g/mol. The molecule has 0 saturated heterocycles. The molecule has 62 valence electrons. The first-order valence-corrected chi connectivity index (χ1v) is 4.65. The predicted molar refractivity (Wildman–Crippen MR) is 48.0 cm³/mol. The highest BCUT2D eigenvalue weighted by molar-refractivity contribution is 9.11. The lowest BCUT2D eigenvalue weighted by molar-refractivity contribution is 0.211. The van der Waals surface area contributed by atoms with Gasteiger partial charge in [0.05, 0.1) is 6.61 Å². The number of nitrogens with one attached hydrogen (secondary N) is 1. The van der Waals surface area contributed by atoms with Gasteiger partial charge in [0.25, 0.3) is 0 Å². The molecule has 0 aliphatic rings. The van der Waals surface area contributed by atoms with Crippen LogP contribution in [0, 0.1) is 0 Å². The standard InChI is InChI=1S/C5H8BrN3OS/c1-10-3-2-7-5-9-8-4(6)11-5/h2-3H2,1H3,(H,7,9). The molecule has 6 heteroatoms. The van der Waals surface area contributed by atoms with Crippen LogP contribution in [0.3, 0.4) is 0 Å². The van der Waals surface area contributed by atoms with Gasteiger partial charge in [0.1, 0.15) is 0 Å². The Kier molecular flexibility index (Phi) is 3.74. The quantitative estimate of drug-likeness (QED) is 0.804. The lowest BCUT2D eigenvalue weighted by Crippen LogP contribution is -2.06. The Morgan fingerprint density at radius 2 is 2.45 bits per heavy atom. The zero-order valence-corrected chi connectivity index (χ0v) is 8.41. The fraction of sp³-hybridized carbons (Fsp3) is 0.600. The van der Waals surface area contributed by atoms with E-state index in [1.54, 1.807) is 7.11 Å². The van der Waals surface area contributed by atoms with Gasteiger partial charge in [-0.05, 0) is 15.9 Å². The normalized spacial score (nSPS) is 10.0. The van der Waals surface area contributed by atoms with Crippen molar-refractivity contribution in [1.29, 1.82) is 0 Å². The average Bonchev–Trinajstić information content (AvgIpc) is 2.37. The van der Waals surface area contributed by atoms with Crippen LogP contribution < -0.4 is 5.32 Å². The molecule has 0 unspecified atom stereocenters. The minimum atomic E-state index is 0.678. The lowest BCUT2D eigenvalue weighted by atomic mass is 10.7. The number of aromatic nitrogens is 2. The summed E-state index contributed by atoms with van der Waals surface area (Å²) in [5.41, 5.74) is 0. The molecule has 1 heterocycles. The molecule has 4 nitrogen and oxygen atoms in total. The van der Waals surface area contributed by atoms with Crippen LogP contribution in [0.15, 0.2) is 3.92 Å². The number of nitrogens with zero attached hydrogens (tertiary/aromatic N) is 2. The summed E-state index contributed by atoms with van der Waals surface area (Å²) in [6, 6.07) is 0. The maximum absolute atomic E-state index is 4.85. The monoisotopic (exact) mass is 237 g/mol. The van der Waals surface area contributed by atoms with Gasteiger partial charge in [0.15, 0.2) is 3.92 Å².